The zero-order chi connectivity index (χ0) is 18.9. The maximum atomic E-state index is 11.9. The van der Waals surface area contributed by atoms with E-state index in [2.05, 4.69) is 16.0 Å². The summed E-state index contributed by atoms with van der Waals surface area (Å²) in [7, 11) is 0. The predicted molar refractivity (Wildman–Crippen MR) is 99.2 cm³/mol. The number of hydrogen-bond acceptors (Lipinski definition) is 3. The van der Waals surface area contributed by atoms with Crippen molar-refractivity contribution < 1.29 is 14.4 Å². The van der Waals surface area contributed by atoms with Gasteiger partial charge in [0, 0.05) is 24.1 Å². The van der Waals surface area contributed by atoms with E-state index in [1.54, 1.807) is 0 Å². The van der Waals surface area contributed by atoms with E-state index in [4.69, 9.17) is 0 Å². The third kappa shape index (κ3) is 7.83. The number of anilines is 1. The minimum atomic E-state index is -0.435. The van der Waals surface area contributed by atoms with Gasteiger partial charge >= 0.3 is 0 Å². The van der Waals surface area contributed by atoms with Crippen molar-refractivity contribution in [2.24, 2.45) is 5.41 Å². The topological polar surface area (TPSA) is 87.3 Å². The minimum Gasteiger partial charge on any atom is -0.356 e. The van der Waals surface area contributed by atoms with Gasteiger partial charge in [0.05, 0.1) is 6.54 Å². The minimum absolute atomic E-state index is 0.0399. The second kappa shape index (κ2) is 9.81. The molecule has 0 fully saturated rings. The first kappa shape index (κ1) is 20.7. The van der Waals surface area contributed by atoms with Crippen molar-refractivity contribution in [1.29, 1.82) is 0 Å². The molecule has 3 amide bonds. The van der Waals surface area contributed by atoms with Crippen molar-refractivity contribution in [2.75, 3.05) is 18.4 Å². The Kier molecular flexibility index (Phi) is 8.11. The van der Waals surface area contributed by atoms with Gasteiger partial charge in [-0.3, -0.25) is 14.4 Å². The number of rotatable bonds is 8. The Morgan fingerprint density at radius 2 is 1.68 bits per heavy atom. The van der Waals surface area contributed by atoms with Crippen LogP contribution in [-0.2, 0) is 20.8 Å². The molecule has 0 spiro atoms. The van der Waals surface area contributed by atoms with E-state index in [9.17, 15) is 14.4 Å². The molecule has 138 valence electrons. The Balaban J connectivity index is 2.25. The molecule has 0 unspecified atom stereocenters. The number of hydrogen-bond donors (Lipinski definition) is 3. The van der Waals surface area contributed by atoms with Gasteiger partial charge in [-0.15, -0.1) is 0 Å². The van der Waals surface area contributed by atoms with Crippen LogP contribution in [0.2, 0.25) is 0 Å². The fourth-order valence-electron chi connectivity index (χ4n) is 2.13. The van der Waals surface area contributed by atoms with Gasteiger partial charge in [0.1, 0.15) is 0 Å². The summed E-state index contributed by atoms with van der Waals surface area (Å²) in [5.41, 5.74) is 1.39. The number of carbonyl (C=O) groups is 3. The molecule has 0 saturated carbocycles. The van der Waals surface area contributed by atoms with E-state index in [1.165, 1.54) is 0 Å². The van der Waals surface area contributed by atoms with Crippen molar-refractivity contribution >= 4 is 23.4 Å². The van der Waals surface area contributed by atoms with Crippen molar-refractivity contribution in [3.8, 4) is 0 Å². The summed E-state index contributed by atoms with van der Waals surface area (Å²) in [6.07, 6.45) is 1.63. The summed E-state index contributed by atoms with van der Waals surface area (Å²) < 4.78 is 0. The molecule has 0 aromatic heterocycles. The first-order valence-corrected chi connectivity index (χ1v) is 8.66. The van der Waals surface area contributed by atoms with Crippen LogP contribution < -0.4 is 16.0 Å². The van der Waals surface area contributed by atoms with E-state index in [0.29, 0.717) is 13.0 Å². The molecule has 1 rings (SSSR count). The van der Waals surface area contributed by atoms with Crippen LogP contribution in [0, 0.1) is 5.41 Å². The predicted octanol–water partition coefficient (Wildman–Crippen LogP) is 2.25. The highest BCUT2D eigenvalue weighted by molar-refractivity contribution is 5.95. The largest absolute Gasteiger partial charge is 0.356 e. The molecule has 0 saturated heterocycles. The molecule has 6 heteroatoms. The zero-order valence-corrected chi connectivity index (χ0v) is 15.6. The van der Waals surface area contributed by atoms with Gasteiger partial charge < -0.3 is 16.0 Å². The van der Waals surface area contributed by atoms with E-state index in [1.807, 2.05) is 52.0 Å². The van der Waals surface area contributed by atoms with Crippen molar-refractivity contribution in [2.45, 2.75) is 47.0 Å². The highest BCUT2D eigenvalue weighted by Gasteiger charge is 2.20. The van der Waals surface area contributed by atoms with Crippen LogP contribution in [0.1, 0.15) is 46.1 Å². The highest BCUT2D eigenvalue weighted by atomic mass is 16.2. The van der Waals surface area contributed by atoms with Crippen molar-refractivity contribution in [3.63, 3.8) is 0 Å². The monoisotopic (exact) mass is 347 g/mol. The van der Waals surface area contributed by atoms with Crippen LogP contribution in [0.4, 0.5) is 5.69 Å². The second-order valence-electron chi connectivity index (χ2n) is 6.95. The first-order valence-electron chi connectivity index (χ1n) is 8.66. The Morgan fingerprint density at radius 3 is 2.32 bits per heavy atom. The Labute approximate surface area is 149 Å². The van der Waals surface area contributed by atoms with Gasteiger partial charge in [0.15, 0.2) is 0 Å². The lowest BCUT2D eigenvalue weighted by molar-refractivity contribution is -0.128. The van der Waals surface area contributed by atoms with Crippen LogP contribution in [0.25, 0.3) is 0 Å². The lowest BCUT2D eigenvalue weighted by Crippen LogP contribution is -2.36. The third-order valence-corrected chi connectivity index (χ3v) is 3.67. The number of aryl methyl sites for hydroxylation is 1. The fraction of sp³-hybridized carbons (Fsp3) is 0.526. The third-order valence-electron chi connectivity index (χ3n) is 3.67. The van der Waals surface area contributed by atoms with Crippen LogP contribution >= 0.6 is 0 Å². The van der Waals surface area contributed by atoms with Gasteiger partial charge in [0.25, 0.3) is 0 Å². The molecule has 1 aromatic carbocycles. The Morgan fingerprint density at radius 1 is 1.00 bits per heavy atom. The lowest BCUT2D eigenvalue weighted by Gasteiger charge is -2.17. The Bertz CT molecular complexity index is 606. The average Bonchev–Trinajstić information content (AvgIpc) is 2.56. The van der Waals surface area contributed by atoms with Crippen LogP contribution in [-0.4, -0.2) is 30.8 Å². The molecule has 0 bridgehead atoms. The highest BCUT2D eigenvalue weighted by Crippen LogP contribution is 2.15. The molecule has 0 aliphatic carbocycles. The maximum absolute atomic E-state index is 11.9. The standard InChI is InChI=1S/C19H29N3O3/c1-5-14-9-6-7-10-15(14)22-17(24)13-21-16(23)11-8-12-20-18(25)19(2,3)4/h6-7,9-10H,5,8,11-13H2,1-4H3,(H,20,25)(H,21,23)(H,22,24). The summed E-state index contributed by atoms with van der Waals surface area (Å²) in [6.45, 7) is 7.91. The summed E-state index contributed by atoms with van der Waals surface area (Å²) in [5, 5.41) is 8.19. The van der Waals surface area contributed by atoms with Gasteiger partial charge in [-0.2, -0.15) is 0 Å². The van der Waals surface area contributed by atoms with Gasteiger partial charge in [-0.1, -0.05) is 45.9 Å². The first-order chi connectivity index (χ1) is 11.7. The average molecular weight is 347 g/mol. The molecule has 0 radical (unpaired) electrons. The summed E-state index contributed by atoms with van der Waals surface area (Å²) in [6, 6.07) is 7.59. The van der Waals surface area contributed by atoms with E-state index in [0.717, 1.165) is 17.7 Å². The zero-order valence-electron chi connectivity index (χ0n) is 15.6. The number of nitrogens with one attached hydrogen (secondary N) is 3. The van der Waals surface area contributed by atoms with E-state index >= 15 is 0 Å². The molecule has 25 heavy (non-hydrogen) atoms. The molecule has 0 atom stereocenters. The van der Waals surface area contributed by atoms with Gasteiger partial charge in [-0.05, 0) is 24.5 Å². The number of amides is 3. The summed E-state index contributed by atoms with van der Waals surface area (Å²) in [4.78, 5) is 35.4. The fourth-order valence-corrected chi connectivity index (χ4v) is 2.13. The van der Waals surface area contributed by atoms with E-state index in [-0.39, 0.29) is 30.7 Å². The summed E-state index contributed by atoms with van der Waals surface area (Å²) in [5.74, 6) is -0.499. The molecule has 0 aliphatic rings. The smallest absolute Gasteiger partial charge is 0.243 e. The summed E-state index contributed by atoms with van der Waals surface area (Å²) >= 11 is 0. The Hall–Kier alpha value is -2.37. The number of carbonyl (C=O) groups excluding carboxylic acids is 3. The van der Waals surface area contributed by atoms with Gasteiger partial charge in [-0.25, -0.2) is 0 Å². The quantitative estimate of drug-likeness (QED) is 0.630. The SMILES string of the molecule is CCc1ccccc1NC(=O)CNC(=O)CCCNC(=O)C(C)(C)C. The van der Waals surface area contributed by atoms with Gasteiger partial charge in [0.2, 0.25) is 17.7 Å². The molecule has 3 N–H and O–H groups in total. The van der Waals surface area contributed by atoms with Crippen LogP contribution in [0.15, 0.2) is 24.3 Å². The normalized spacial score (nSPS) is 10.9. The second-order valence-corrected chi connectivity index (χ2v) is 6.95. The van der Waals surface area contributed by atoms with Crippen molar-refractivity contribution in [3.05, 3.63) is 29.8 Å². The maximum Gasteiger partial charge on any atom is 0.243 e. The molecular formula is C19H29N3O3. The van der Waals surface area contributed by atoms with Crippen LogP contribution in [0.3, 0.4) is 0 Å². The van der Waals surface area contributed by atoms with Crippen molar-refractivity contribution in [1.82, 2.24) is 10.6 Å². The molecule has 1 aromatic rings. The molecule has 6 nitrogen and oxygen atoms in total. The van der Waals surface area contributed by atoms with Crippen LogP contribution in [0.5, 0.6) is 0 Å². The lowest BCUT2D eigenvalue weighted by atomic mass is 9.96. The number of para-hydroxylation sites is 1. The molecule has 0 heterocycles. The van der Waals surface area contributed by atoms with E-state index < -0.39 is 5.41 Å². The molecule has 0 aliphatic heterocycles. The molecular weight excluding hydrogens is 318 g/mol. The number of benzene rings is 1.